The minimum absolute atomic E-state index is 0.255. The monoisotopic (exact) mass is 392 g/mol. The second-order valence-corrected chi connectivity index (χ2v) is 7.07. The standard InChI is InChI=1S/C17H17BrN2O4/c18-14-9-11-1-2-13(10-15(11)24-16(14)21)23-17(22)20-8-7-19-5-3-12(20)4-6-19/h1-2,9-10,12H,3-8H2. The van der Waals surface area contributed by atoms with Gasteiger partial charge in [-0.3, -0.25) is 0 Å². The molecule has 3 aliphatic rings. The van der Waals surface area contributed by atoms with E-state index in [-0.39, 0.29) is 12.1 Å². The van der Waals surface area contributed by atoms with Gasteiger partial charge in [-0.2, -0.15) is 0 Å². The zero-order valence-electron chi connectivity index (χ0n) is 13.0. The van der Waals surface area contributed by atoms with Crippen LogP contribution in [-0.2, 0) is 0 Å². The Balaban J connectivity index is 1.56. The maximum absolute atomic E-state index is 12.6. The summed E-state index contributed by atoms with van der Waals surface area (Å²) in [5, 5.41) is 0.766. The van der Waals surface area contributed by atoms with E-state index in [1.807, 2.05) is 4.90 Å². The minimum Gasteiger partial charge on any atom is -0.422 e. The van der Waals surface area contributed by atoms with Crippen molar-refractivity contribution in [2.45, 2.75) is 18.9 Å². The number of fused-ring (bicyclic) bond motifs is 5. The van der Waals surface area contributed by atoms with Crippen LogP contribution < -0.4 is 10.4 Å². The Kier molecular flexibility index (Phi) is 4.05. The van der Waals surface area contributed by atoms with Crippen molar-refractivity contribution >= 4 is 33.0 Å². The number of amides is 1. The molecule has 1 amide bonds. The van der Waals surface area contributed by atoms with Crippen LogP contribution in [0, 0.1) is 0 Å². The van der Waals surface area contributed by atoms with Crippen LogP contribution in [0.3, 0.4) is 0 Å². The zero-order chi connectivity index (χ0) is 16.7. The molecule has 0 radical (unpaired) electrons. The number of hydrogen-bond acceptors (Lipinski definition) is 5. The number of piperidine rings is 1. The zero-order valence-corrected chi connectivity index (χ0v) is 14.6. The molecule has 6 nitrogen and oxygen atoms in total. The molecule has 0 N–H and O–H groups in total. The third-order valence-corrected chi connectivity index (χ3v) is 5.31. The molecule has 0 saturated carbocycles. The molecule has 0 unspecified atom stereocenters. The summed E-state index contributed by atoms with van der Waals surface area (Å²) in [6.07, 6.45) is 1.66. The van der Waals surface area contributed by atoms with Crippen LogP contribution in [0.5, 0.6) is 5.75 Å². The summed E-state index contributed by atoms with van der Waals surface area (Å²) in [4.78, 5) is 28.4. The highest BCUT2D eigenvalue weighted by Crippen LogP contribution is 2.25. The maximum atomic E-state index is 12.6. The molecule has 3 fully saturated rings. The van der Waals surface area contributed by atoms with Crippen molar-refractivity contribution in [3.63, 3.8) is 0 Å². The summed E-state index contributed by atoms with van der Waals surface area (Å²) in [6.45, 7) is 3.68. The summed E-state index contributed by atoms with van der Waals surface area (Å²) in [7, 11) is 0. The Bertz CT molecular complexity index is 842. The third kappa shape index (κ3) is 2.93. The molecule has 126 valence electrons. The van der Waals surface area contributed by atoms with Gasteiger partial charge in [0.2, 0.25) is 0 Å². The van der Waals surface area contributed by atoms with Gasteiger partial charge in [-0.15, -0.1) is 0 Å². The van der Waals surface area contributed by atoms with Gasteiger partial charge in [0.1, 0.15) is 15.8 Å². The summed E-state index contributed by atoms with van der Waals surface area (Å²) >= 11 is 3.15. The fourth-order valence-corrected chi connectivity index (χ4v) is 3.74. The summed E-state index contributed by atoms with van der Waals surface area (Å²) in [5.74, 6) is 0.386. The number of carbonyl (C=O) groups excluding carboxylic acids is 1. The summed E-state index contributed by atoms with van der Waals surface area (Å²) < 4.78 is 11.1. The molecule has 3 aliphatic heterocycles. The van der Waals surface area contributed by atoms with Gasteiger partial charge in [0.05, 0.1) is 0 Å². The Morgan fingerprint density at radius 3 is 2.75 bits per heavy atom. The SMILES string of the molecule is O=C(Oc1ccc2cc(Br)c(=O)oc2c1)N1CCN2CCC1CC2. The Labute approximate surface area is 147 Å². The van der Waals surface area contributed by atoms with E-state index in [2.05, 4.69) is 20.8 Å². The van der Waals surface area contributed by atoms with Crippen molar-refractivity contribution in [1.29, 1.82) is 0 Å². The van der Waals surface area contributed by atoms with Crippen molar-refractivity contribution in [2.24, 2.45) is 0 Å². The van der Waals surface area contributed by atoms with Gasteiger partial charge in [-0.25, -0.2) is 9.59 Å². The first kappa shape index (κ1) is 15.7. The van der Waals surface area contributed by atoms with Gasteiger partial charge < -0.3 is 19.0 Å². The molecule has 0 atom stereocenters. The van der Waals surface area contributed by atoms with Gasteiger partial charge >= 0.3 is 11.7 Å². The number of ether oxygens (including phenoxy) is 1. The Hall–Kier alpha value is -1.86. The fraction of sp³-hybridized carbons (Fsp3) is 0.412. The van der Waals surface area contributed by atoms with Gasteiger partial charge in [-0.05, 0) is 47.0 Å². The predicted molar refractivity (Wildman–Crippen MR) is 92.4 cm³/mol. The fourth-order valence-electron chi connectivity index (χ4n) is 3.42. The smallest absolute Gasteiger partial charge is 0.415 e. The highest BCUT2D eigenvalue weighted by atomic mass is 79.9. The quantitative estimate of drug-likeness (QED) is 0.698. The van der Waals surface area contributed by atoms with E-state index in [1.54, 1.807) is 24.3 Å². The molecule has 0 aliphatic carbocycles. The minimum atomic E-state index is -0.454. The van der Waals surface area contributed by atoms with Crippen LogP contribution >= 0.6 is 15.9 Å². The molecular weight excluding hydrogens is 376 g/mol. The maximum Gasteiger partial charge on any atom is 0.415 e. The molecule has 4 heterocycles. The molecule has 2 bridgehead atoms. The number of halogens is 1. The first-order valence-corrected chi connectivity index (χ1v) is 8.84. The molecule has 3 saturated heterocycles. The number of rotatable bonds is 1. The summed E-state index contributed by atoms with van der Waals surface area (Å²) in [6, 6.07) is 7.01. The average Bonchev–Trinajstić information content (AvgIpc) is 2.90. The molecule has 24 heavy (non-hydrogen) atoms. The lowest BCUT2D eigenvalue weighted by molar-refractivity contribution is 0.131. The van der Waals surface area contributed by atoms with Crippen LogP contribution in [0.15, 0.2) is 37.9 Å². The molecule has 2 aromatic rings. The number of hydrogen-bond donors (Lipinski definition) is 0. The van der Waals surface area contributed by atoms with E-state index in [9.17, 15) is 9.59 Å². The Morgan fingerprint density at radius 2 is 1.96 bits per heavy atom. The Morgan fingerprint density at radius 1 is 1.17 bits per heavy atom. The predicted octanol–water partition coefficient (Wildman–Crippen LogP) is 2.83. The summed E-state index contributed by atoms with van der Waals surface area (Å²) in [5.41, 5.74) is -0.0547. The van der Waals surface area contributed by atoms with E-state index >= 15 is 0 Å². The van der Waals surface area contributed by atoms with Crippen molar-refractivity contribution in [3.8, 4) is 5.75 Å². The molecule has 7 heteroatoms. The van der Waals surface area contributed by atoms with Crippen LogP contribution in [0.1, 0.15) is 12.8 Å². The lowest BCUT2D eigenvalue weighted by Crippen LogP contribution is -2.43. The first-order valence-electron chi connectivity index (χ1n) is 8.04. The lowest BCUT2D eigenvalue weighted by Gasteiger charge is -2.30. The van der Waals surface area contributed by atoms with Gasteiger partial charge in [-0.1, -0.05) is 0 Å². The first-order chi connectivity index (χ1) is 11.6. The molecular formula is C17H17BrN2O4. The van der Waals surface area contributed by atoms with E-state index < -0.39 is 5.63 Å². The van der Waals surface area contributed by atoms with Crippen LogP contribution in [0.4, 0.5) is 4.79 Å². The van der Waals surface area contributed by atoms with Crippen LogP contribution in [0.25, 0.3) is 11.0 Å². The second kappa shape index (κ2) is 6.22. The van der Waals surface area contributed by atoms with E-state index in [0.29, 0.717) is 22.4 Å². The highest BCUT2D eigenvalue weighted by molar-refractivity contribution is 9.10. The van der Waals surface area contributed by atoms with Crippen LogP contribution in [0.2, 0.25) is 0 Å². The molecule has 0 spiro atoms. The van der Waals surface area contributed by atoms with Crippen molar-refractivity contribution < 1.29 is 13.9 Å². The molecule has 1 aromatic carbocycles. The van der Waals surface area contributed by atoms with Crippen molar-refractivity contribution in [3.05, 3.63) is 39.2 Å². The number of nitrogens with zero attached hydrogens (tertiary/aromatic N) is 2. The average molecular weight is 393 g/mol. The van der Waals surface area contributed by atoms with Gasteiger partial charge in [0.25, 0.3) is 0 Å². The van der Waals surface area contributed by atoms with E-state index in [0.717, 1.165) is 37.9 Å². The topological polar surface area (TPSA) is 63.0 Å². The molecule has 5 rings (SSSR count). The largest absolute Gasteiger partial charge is 0.422 e. The lowest BCUT2D eigenvalue weighted by atomic mass is 10.1. The van der Waals surface area contributed by atoms with E-state index in [4.69, 9.17) is 9.15 Å². The van der Waals surface area contributed by atoms with E-state index in [1.165, 1.54) is 0 Å². The number of benzene rings is 1. The molecule has 1 aromatic heterocycles. The van der Waals surface area contributed by atoms with Crippen molar-refractivity contribution in [2.75, 3.05) is 26.2 Å². The second-order valence-electron chi connectivity index (χ2n) is 6.22. The van der Waals surface area contributed by atoms with Gasteiger partial charge in [0.15, 0.2) is 0 Å². The van der Waals surface area contributed by atoms with Crippen molar-refractivity contribution in [1.82, 2.24) is 9.80 Å². The normalized spacial score (nSPS) is 23.3. The number of carbonyl (C=O) groups is 1. The third-order valence-electron chi connectivity index (χ3n) is 4.76. The van der Waals surface area contributed by atoms with Gasteiger partial charge in [0, 0.05) is 43.7 Å². The highest BCUT2D eigenvalue weighted by Gasteiger charge is 2.32. The van der Waals surface area contributed by atoms with Crippen LogP contribution in [-0.4, -0.2) is 48.1 Å².